The zero-order valence-electron chi connectivity index (χ0n) is 29.7. The maximum Gasteiger partial charge on any atom is 0.320 e. The summed E-state index contributed by atoms with van der Waals surface area (Å²) >= 11 is 0. The third-order valence-electron chi connectivity index (χ3n) is 7.06. The van der Waals surface area contributed by atoms with E-state index in [1.807, 2.05) is 91.8 Å². The number of carbonyl (C=O) groups is 2. The smallest absolute Gasteiger partial charge is 0.320 e. The van der Waals surface area contributed by atoms with Crippen LogP contribution in [0.25, 0.3) is 0 Å². The lowest BCUT2D eigenvalue weighted by Crippen LogP contribution is -2.47. The van der Waals surface area contributed by atoms with Crippen molar-refractivity contribution in [2.24, 2.45) is 0 Å². The molecule has 2 aromatic carbocycles. The molecule has 0 amide bonds. The molecule has 46 heavy (non-hydrogen) atoms. The van der Waals surface area contributed by atoms with Crippen LogP contribution < -0.4 is 4.74 Å². The minimum atomic E-state index is -0.614. The standard InChI is InChI=1S/C37H58N2O7/c1-10-32(39(27-35(41)46-37(7,8)9)24-31-19-15-16-20-33(31)44-28-43-12-3)25-38(26-34(40)45-36(4,5)6)23-30-18-14-13-17-29(30)21-22-42-11-2/h13-20,32H,10-12,21-28H2,1-9H3. The molecule has 0 radical (unpaired) electrons. The third kappa shape index (κ3) is 15.5. The molecule has 0 aliphatic rings. The Kier molecular flexibility index (Phi) is 16.7. The van der Waals surface area contributed by atoms with E-state index in [4.69, 9.17) is 23.7 Å². The van der Waals surface area contributed by atoms with Gasteiger partial charge in [0.1, 0.15) is 17.0 Å². The summed E-state index contributed by atoms with van der Waals surface area (Å²) in [5.41, 5.74) is 2.04. The fraction of sp³-hybridized carbons (Fsp3) is 0.622. The van der Waals surface area contributed by atoms with Gasteiger partial charge < -0.3 is 23.7 Å². The van der Waals surface area contributed by atoms with E-state index >= 15 is 0 Å². The van der Waals surface area contributed by atoms with Gasteiger partial charge in [0.05, 0.1) is 19.7 Å². The average Bonchev–Trinajstić information content (AvgIpc) is 2.95. The van der Waals surface area contributed by atoms with Crippen LogP contribution in [-0.2, 0) is 48.0 Å². The van der Waals surface area contributed by atoms with Crippen LogP contribution in [0, 0.1) is 0 Å². The summed E-state index contributed by atoms with van der Waals surface area (Å²) in [7, 11) is 0. The van der Waals surface area contributed by atoms with E-state index in [0.717, 1.165) is 24.0 Å². The van der Waals surface area contributed by atoms with Gasteiger partial charge in [-0.15, -0.1) is 0 Å². The van der Waals surface area contributed by atoms with E-state index < -0.39 is 11.2 Å². The molecule has 9 nitrogen and oxygen atoms in total. The summed E-state index contributed by atoms with van der Waals surface area (Å²) in [6, 6.07) is 16.0. The number of carbonyl (C=O) groups excluding carboxylic acids is 2. The molecule has 0 aliphatic carbocycles. The molecule has 0 saturated heterocycles. The van der Waals surface area contributed by atoms with Crippen molar-refractivity contribution < 1.29 is 33.3 Å². The van der Waals surface area contributed by atoms with E-state index in [9.17, 15) is 9.59 Å². The first-order valence-corrected chi connectivity index (χ1v) is 16.6. The van der Waals surface area contributed by atoms with Crippen LogP contribution in [0.15, 0.2) is 48.5 Å². The first-order chi connectivity index (χ1) is 21.7. The normalized spacial score (nSPS) is 12.8. The van der Waals surface area contributed by atoms with Crippen LogP contribution in [0.3, 0.4) is 0 Å². The molecular weight excluding hydrogens is 584 g/mol. The number of nitrogens with zero attached hydrogens (tertiary/aromatic N) is 2. The van der Waals surface area contributed by atoms with Crippen LogP contribution in [0.5, 0.6) is 5.75 Å². The van der Waals surface area contributed by atoms with Gasteiger partial charge in [0.2, 0.25) is 0 Å². The summed E-state index contributed by atoms with van der Waals surface area (Å²) in [5, 5.41) is 0. The topological polar surface area (TPSA) is 86.8 Å². The lowest BCUT2D eigenvalue weighted by Gasteiger charge is -2.36. The predicted octanol–water partition coefficient (Wildman–Crippen LogP) is 6.40. The second kappa shape index (κ2) is 19.6. The van der Waals surface area contributed by atoms with Crippen LogP contribution in [0.4, 0.5) is 0 Å². The zero-order chi connectivity index (χ0) is 34.2. The predicted molar refractivity (Wildman–Crippen MR) is 182 cm³/mol. The highest BCUT2D eigenvalue weighted by Gasteiger charge is 2.28. The van der Waals surface area contributed by atoms with Crippen molar-refractivity contribution in [3.63, 3.8) is 0 Å². The minimum Gasteiger partial charge on any atom is -0.467 e. The zero-order valence-corrected chi connectivity index (χ0v) is 29.7. The fourth-order valence-corrected chi connectivity index (χ4v) is 5.10. The van der Waals surface area contributed by atoms with E-state index in [0.29, 0.717) is 45.2 Å². The highest BCUT2D eigenvalue weighted by molar-refractivity contribution is 5.72. The van der Waals surface area contributed by atoms with E-state index in [1.54, 1.807) is 0 Å². The summed E-state index contributed by atoms with van der Waals surface area (Å²) in [5.74, 6) is 0.106. The lowest BCUT2D eigenvalue weighted by atomic mass is 10.0. The van der Waals surface area contributed by atoms with Crippen molar-refractivity contribution in [1.29, 1.82) is 0 Å². The van der Waals surface area contributed by atoms with Crippen molar-refractivity contribution in [2.45, 2.75) is 105 Å². The lowest BCUT2D eigenvalue weighted by molar-refractivity contribution is -0.159. The molecule has 1 unspecified atom stereocenters. The van der Waals surface area contributed by atoms with Gasteiger partial charge in [-0.2, -0.15) is 0 Å². The second-order valence-electron chi connectivity index (χ2n) is 13.4. The summed E-state index contributed by atoms with van der Waals surface area (Å²) in [6.45, 7) is 21.0. The Morgan fingerprint density at radius 3 is 1.87 bits per heavy atom. The Morgan fingerprint density at radius 2 is 1.28 bits per heavy atom. The van der Waals surface area contributed by atoms with E-state index in [-0.39, 0.29) is 37.9 Å². The molecule has 9 heteroatoms. The van der Waals surface area contributed by atoms with Gasteiger partial charge in [0.15, 0.2) is 6.79 Å². The maximum absolute atomic E-state index is 13.2. The summed E-state index contributed by atoms with van der Waals surface area (Å²) < 4.78 is 28.5. The van der Waals surface area contributed by atoms with E-state index in [1.165, 1.54) is 5.56 Å². The molecule has 2 rings (SSSR count). The Labute approximate surface area is 277 Å². The molecule has 0 heterocycles. The van der Waals surface area contributed by atoms with Crippen LogP contribution in [0.1, 0.15) is 85.4 Å². The van der Waals surface area contributed by atoms with Gasteiger partial charge in [-0.3, -0.25) is 19.4 Å². The highest BCUT2D eigenvalue weighted by Crippen LogP contribution is 2.24. The molecular formula is C37H58N2O7. The van der Waals surface area contributed by atoms with Crippen molar-refractivity contribution in [3.05, 3.63) is 65.2 Å². The number of benzene rings is 2. The SMILES string of the molecule is CCOCCc1ccccc1CN(CC(=O)OC(C)(C)C)CC(CC)N(CC(=O)OC(C)(C)C)Cc1ccccc1OCOCC. The Bertz CT molecular complexity index is 1190. The Balaban J connectivity index is 2.43. The summed E-state index contributed by atoms with van der Waals surface area (Å²) in [6.07, 6.45) is 1.52. The highest BCUT2D eigenvalue weighted by atomic mass is 16.7. The molecule has 0 saturated carbocycles. The van der Waals surface area contributed by atoms with Gasteiger partial charge in [-0.05, 0) is 85.4 Å². The molecule has 0 bridgehead atoms. The molecule has 0 aliphatic heterocycles. The number of rotatable bonds is 20. The number of esters is 2. The van der Waals surface area contributed by atoms with Gasteiger partial charge >= 0.3 is 11.9 Å². The van der Waals surface area contributed by atoms with E-state index in [2.05, 4.69) is 28.9 Å². The third-order valence-corrected chi connectivity index (χ3v) is 7.06. The average molecular weight is 643 g/mol. The number of hydrogen-bond donors (Lipinski definition) is 0. The maximum atomic E-state index is 13.2. The molecule has 258 valence electrons. The monoisotopic (exact) mass is 642 g/mol. The molecule has 0 spiro atoms. The van der Waals surface area contributed by atoms with Crippen molar-refractivity contribution in [1.82, 2.24) is 9.80 Å². The van der Waals surface area contributed by atoms with Crippen molar-refractivity contribution in [3.8, 4) is 5.75 Å². The fourth-order valence-electron chi connectivity index (χ4n) is 5.10. The second-order valence-corrected chi connectivity index (χ2v) is 13.4. The first-order valence-electron chi connectivity index (χ1n) is 16.6. The first kappa shape index (κ1) is 39.2. The Morgan fingerprint density at radius 1 is 0.717 bits per heavy atom. The molecule has 0 fully saturated rings. The van der Waals surface area contributed by atoms with Gasteiger partial charge in [0, 0.05) is 44.5 Å². The molecule has 2 aromatic rings. The Hall–Kier alpha value is -2.98. The number of para-hydroxylation sites is 1. The van der Waals surface area contributed by atoms with Crippen LogP contribution in [0.2, 0.25) is 0 Å². The van der Waals surface area contributed by atoms with Crippen molar-refractivity contribution >= 4 is 11.9 Å². The van der Waals surface area contributed by atoms with Gasteiger partial charge in [0.25, 0.3) is 0 Å². The quantitative estimate of drug-likeness (QED) is 0.0925. The van der Waals surface area contributed by atoms with Crippen LogP contribution >= 0.6 is 0 Å². The molecule has 0 aromatic heterocycles. The minimum absolute atomic E-state index is 0.0841. The largest absolute Gasteiger partial charge is 0.467 e. The summed E-state index contributed by atoms with van der Waals surface area (Å²) in [4.78, 5) is 30.7. The molecule has 0 N–H and O–H groups in total. The van der Waals surface area contributed by atoms with Crippen molar-refractivity contribution in [2.75, 3.05) is 46.2 Å². The number of ether oxygens (including phenoxy) is 5. The number of hydrogen-bond acceptors (Lipinski definition) is 9. The van der Waals surface area contributed by atoms with Crippen LogP contribution in [-0.4, -0.2) is 85.2 Å². The molecule has 1 atom stereocenters. The van der Waals surface area contributed by atoms with Gasteiger partial charge in [-0.1, -0.05) is 49.4 Å². The van der Waals surface area contributed by atoms with Gasteiger partial charge in [-0.25, -0.2) is 0 Å².